The first-order chi connectivity index (χ1) is 8.81. The molecule has 0 radical (unpaired) electrons. The zero-order valence-electron chi connectivity index (χ0n) is 12.6. The fourth-order valence-electron chi connectivity index (χ4n) is 2.51. The van der Waals surface area contributed by atoms with Crippen LogP contribution >= 0.6 is 0 Å². The van der Waals surface area contributed by atoms with Crippen LogP contribution in [0, 0.1) is 23.2 Å². The van der Waals surface area contributed by atoms with E-state index in [2.05, 4.69) is 13.0 Å². The highest BCUT2D eigenvalue weighted by Crippen LogP contribution is 2.26. The average molecular weight is 266 g/mol. The lowest BCUT2D eigenvalue weighted by molar-refractivity contribution is 0.0232. The third kappa shape index (κ3) is 5.96. The van der Waals surface area contributed by atoms with Crippen LogP contribution in [0.3, 0.4) is 0 Å². The Kier molecular flexibility index (Phi) is 5.65. The van der Waals surface area contributed by atoms with Crippen molar-refractivity contribution in [3.8, 4) is 6.07 Å². The van der Waals surface area contributed by atoms with Crippen LogP contribution in [0.25, 0.3) is 0 Å². The summed E-state index contributed by atoms with van der Waals surface area (Å²) in [7, 11) is 0. The maximum Gasteiger partial charge on any atom is 0.410 e. The van der Waals surface area contributed by atoms with Crippen LogP contribution in [0.2, 0.25) is 0 Å². The van der Waals surface area contributed by atoms with Crippen molar-refractivity contribution in [3.05, 3.63) is 0 Å². The van der Waals surface area contributed by atoms with E-state index in [1.165, 1.54) is 0 Å². The first kappa shape index (κ1) is 15.8. The summed E-state index contributed by atoms with van der Waals surface area (Å²) in [4.78, 5) is 13.9. The lowest BCUT2D eigenvalue weighted by Crippen LogP contribution is -2.39. The summed E-state index contributed by atoms with van der Waals surface area (Å²) in [5, 5.41) is 8.71. The molecule has 1 heterocycles. The second kappa shape index (κ2) is 6.79. The summed E-state index contributed by atoms with van der Waals surface area (Å²) in [5.74, 6) is 1.03. The fourth-order valence-corrected chi connectivity index (χ4v) is 2.51. The molecule has 4 heteroatoms. The predicted molar refractivity (Wildman–Crippen MR) is 74.5 cm³/mol. The average Bonchev–Trinajstić information content (AvgIpc) is 2.46. The molecule has 0 aromatic carbocycles. The van der Waals surface area contributed by atoms with E-state index in [-0.39, 0.29) is 6.09 Å². The number of rotatable bonds is 2. The molecule has 1 rings (SSSR count). The van der Waals surface area contributed by atoms with Gasteiger partial charge in [0.2, 0.25) is 0 Å². The molecule has 0 spiro atoms. The van der Waals surface area contributed by atoms with Gasteiger partial charge in [-0.2, -0.15) is 5.26 Å². The van der Waals surface area contributed by atoms with E-state index in [1.54, 1.807) is 0 Å². The molecule has 2 atom stereocenters. The van der Waals surface area contributed by atoms with Crippen molar-refractivity contribution in [1.82, 2.24) is 4.90 Å². The summed E-state index contributed by atoms with van der Waals surface area (Å²) in [6.07, 6.45) is 3.34. The van der Waals surface area contributed by atoms with Crippen LogP contribution < -0.4 is 0 Å². The summed E-state index contributed by atoms with van der Waals surface area (Å²) in [6.45, 7) is 9.37. The molecule has 1 aliphatic heterocycles. The molecule has 0 N–H and O–H groups in total. The molecule has 108 valence electrons. The number of carbonyl (C=O) groups excluding carboxylic acids is 1. The topological polar surface area (TPSA) is 53.3 Å². The molecule has 0 aliphatic carbocycles. The van der Waals surface area contributed by atoms with Crippen molar-refractivity contribution in [2.24, 2.45) is 11.8 Å². The van der Waals surface area contributed by atoms with Crippen molar-refractivity contribution >= 4 is 6.09 Å². The number of hydrogen-bond donors (Lipinski definition) is 0. The Morgan fingerprint density at radius 2 is 2.16 bits per heavy atom. The number of nitrogens with zero attached hydrogens (tertiary/aromatic N) is 2. The smallest absolute Gasteiger partial charge is 0.410 e. The van der Waals surface area contributed by atoms with Crippen molar-refractivity contribution in [2.75, 3.05) is 13.1 Å². The number of likely N-dealkylation sites (tertiary alicyclic amines) is 1. The molecular formula is C15H26N2O2. The molecule has 2 unspecified atom stereocenters. The number of hydrogen-bond acceptors (Lipinski definition) is 3. The molecule has 0 aromatic heterocycles. The highest BCUT2D eigenvalue weighted by Gasteiger charge is 2.28. The molecule has 0 bridgehead atoms. The largest absolute Gasteiger partial charge is 0.444 e. The summed E-state index contributed by atoms with van der Waals surface area (Å²) in [5.41, 5.74) is -0.447. The maximum atomic E-state index is 12.1. The minimum atomic E-state index is -0.447. The monoisotopic (exact) mass is 266 g/mol. The zero-order chi connectivity index (χ0) is 14.5. The van der Waals surface area contributed by atoms with Gasteiger partial charge in [0.05, 0.1) is 6.07 Å². The van der Waals surface area contributed by atoms with E-state index < -0.39 is 5.60 Å². The SMILES string of the molecule is CC1CCN(C(=O)OC(C)(C)C)CC(CCC#N)C1. The van der Waals surface area contributed by atoms with E-state index >= 15 is 0 Å². The van der Waals surface area contributed by atoms with Crippen LogP contribution in [0.5, 0.6) is 0 Å². The molecular weight excluding hydrogens is 240 g/mol. The molecule has 1 saturated heterocycles. The van der Waals surface area contributed by atoms with Gasteiger partial charge in [-0.3, -0.25) is 0 Å². The quantitative estimate of drug-likeness (QED) is 0.767. The van der Waals surface area contributed by atoms with Gasteiger partial charge in [-0.1, -0.05) is 6.92 Å². The Labute approximate surface area is 116 Å². The van der Waals surface area contributed by atoms with Crippen molar-refractivity contribution in [1.29, 1.82) is 5.26 Å². The Morgan fingerprint density at radius 1 is 1.47 bits per heavy atom. The van der Waals surface area contributed by atoms with Gasteiger partial charge in [-0.05, 0) is 51.9 Å². The molecule has 1 amide bonds. The Balaban J connectivity index is 2.62. The van der Waals surface area contributed by atoms with E-state index in [1.807, 2.05) is 25.7 Å². The number of ether oxygens (including phenoxy) is 1. The number of amides is 1. The van der Waals surface area contributed by atoms with Crippen LogP contribution in [0.1, 0.15) is 53.4 Å². The maximum absolute atomic E-state index is 12.1. The van der Waals surface area contributed by atoms with Crippen molar-refractivity contribution in [2.45, 2.75) is 59.0 Å². The van der Waals surface area contributed by atoms with E-state index in [4.69, 9.17) is 10.00 Å². The second-order valence-electron chi connectivity index (χ2n) is 6.62. The van der Waals surface area contributed by atoms with Gasteiger partial charge in [0, 0.05) is 19.5 Å². The fraction of sp³-hybridized carbons (Fsp3) is 0.867. The second-order valence-corrected chi connectivity index (χ2v) is 6.62. The minimum Gasteiger partial charge on any atom is -0.444 e. The summed E-state index contributed by atoms with van der Waals surface area (Å²) >= 11 is 0. The van der Waals surface area contributed by atoms with E-state index in [0.717, 1.165) is 32.4 Å². The summed E-state index contributed by atoms with van der Waals surface area (Å²) < 4.78 is 5.44. The van der Waals surface area contributed by atoms with Gasteiger partial charge in [0.25, 0.3) is 0 Å². The number of carbonyl (C=O) groups is 1. The first-order valence-corrected chi connectivity index (χ1v) is 7.16. The van der Waals surface area contributed by atoms with Gasteiger partial charge in [-0.25, -0.2) is 4.79 Å². The first-order valence-electron chi connectivity index (χ1n) is 7.16. The standard InChI is InChI=1S/C15H26N2O2/c1-12-7-9-17(14(18)19-15(2,3)4)11-13(10-12)6-5-8-16/h12-13H,5-7,9-11H2,1-4H3. The third-order valence-electron chi connectivity index (χ3n) is 3.42. The molecule has 4 nitrogen and oxygen atoms in total. The molecule has 1 aliphatic rings. The van der Waals surface area contributed by atoms with Crippen LogP contribution in [0.15, 0.2) is 0 Å². The van der Waals surface area contributed by atoms with Crippen molar-refractivity contribution < 1.29 is 9.53 Å². The zero-order valence-corrected chi connectivity index (χ0v) is 12.6. The predicted octanol–water partition coefficient (Wildman–Crippen LogP) is 3.57. The van der Waals surface area contributed by atoms with Gasteiger partial charge in [0.1, 0.15) is 5.60 Å². The van der Waals surface area contributed by atoms with Crippen molar-refractivity contribution in [3.63, 3.8) is 0 Å². The van der Waals surface area contributed by atoms with Gasteiger partial charge >= 0.3 is 6.09 Å². The number of nitriles is 1. The van der Waals surface area contributed by atoms with E-state index in [9.17, 15) is 4.79 Å². The molecule has 0 aromatic rings. The highest BCUT2D eigenvalue weighted by molar-refractivity contribution is 5.68. The normalized spacial score (nSPS) is 24.5. The molecule has 0 saturated carbocycles. The molecule has 19 heavy (non-hydrogen) atoms. The Bertz CT molecular complexity index is 341. The van der Waals surface area contributed by atoms with Crippen LogP contribution in [-0.4, -0.2) is 29.7 Å². The Morgan fingerprint density at radius 3 is 2.74 bits per heavy atom. The van der Waals surface area contributed by atoms with Gasteiger partial charge < -0.3 is 9.64 Å². The van der Waals surface area contributed by atoms with Gasteiger partial charge in [0.15, 0.2) is 0 Å². The van der Waals surface area contributed by atoms with Crippen LogP contribution in [0.4, 0.5) is 4.79 Å². The van der Waals surface area contributed by atoms with Gasteiger partial charge in [-0.15, -0.1) is 0 Å². The Hall–Kier alpha value is -1.24. The minimum absolute atomic E-state index is 0.219. The highest BCUT2D eigenvalue weighted by atomic mass is 16.6. The van der Waals surface area contributed by atoms with E-state index in [0.29, 0.717) is 18.3 Å². The lowest BCUT2D eigenvalue weighted by atomic mass is 9.92. The molecule has 1 fully saturated rings. The van der Waals surface area contributed by atoms with Crippen LogP contribution in [-0.2, 0) is 4.74 Å². The third-order valence-corrected chi connectivity index (χ3v) is 3.42. The summed E-state index contributed by atoms with van der Waals surface area (Å²) in [6, 6.07) is 2.20. The lowest BCUT2D eigenvalue weighted by Gasteiger charge is -2.28.